The topological polar surface area (TPSA) is 81.4 Å². The zero-order valence-corrected chi connectivity index (χ0v) is 13.9. The number of carbonyl (C=O) groups is 2. The Kier molecular flexibility index (Phi) is 4.47. The maximum Gasteiger partial charge on any atom is 0.340 e. The van der Waals surface area contributed by atoms with Crippen LogP contribution in [0.25, 0.3) is 0 Å². The average Bonchev–Trinajstić information content (AvgIpc) is 3.13. The molecule has 0 aliphatic heterocycles. The van der Waals surface area contributed by atoms with Crippen LogP contribution in [0.15, 0.2) is 16.0 Å². The van der Waals surface area contributed by atoms with Crippen LogP contribution in [0.2, 0.25) is 0 Å². The van der Waals surface area contributed by atoms with Gasteiger partial charge in [-0.15, -0.1) is 11.3 Å². The van der Waals surface area contributed by atoms with E-state index in [9.17, 15) is 9.59 Å². The molecule has 23 heavy (non-hydrogen) atoms. The largest absolute Gasteiger partial charge is 0.449 e. The first-order valence-corrected chi connectivity index (χ1v) is 8.47. The number of carbonyl (C=O) groups excluding carboxylic acids is 2. The number of ether oxygens (including phenoxy) is 1. The molecular weight excluding hydrogens is 316 g/mol. The van der Waals surface area contributed by atoms with Gasteiger partial charge in [0.25, 0.3) is 5.91 Å². The molecule has 2 aromatic heterocycles. The highest BCUT2D eigenvalue weighted by molar-refractivity contribution is 7.10. The minimum absolute atomic E-state index is 0.309. The van der Waals surface area contributed by atoms with E-state index in [0.29, 0.717) is 17.1 Å². The second kappa shape index (κ2) is 6.54. The van der Waals surface area contributed by atoms with Crippen molar-refractivity contribution in [3.05, 3.63) is 33.2 Å². The van der Waals surface area contributed by atoms with Crippen molar-refractivity contribution in [3.8, 4) is 0 Å². The molecule has 0 fully saturated rings. The third-order valence-corrected chi connectivity index (χ3v) is 4.90. The van der Waals surface area contributed by atoms with Crippen molar-refractivity contribution < 1.29 is 18.8 Å². The first-order valence-electron chi connectivity index (χ1n) is 7.59. The van der Waals surface area contributed by atoms with E-state index in [1.54, 1.807) is 31.3 Å². The number of nitrogens with zero attached hydrogens (tertiary/aromatic N) is 1. The van der Waals surface area contributed by atoms with E-state index >= 15 is 0 Å². The summed E-state index contributed by atoms with van der Waals surface area (Å²) in [7, 11) is 0. The number of amides is 1. The van der Waals surface area contributed by atoms with E-state index < -0.39 is 18.0 Å². The van der Waals surface area contributed by atoms with E-state index in [-0.39, 0.29) is 0 Å². The molecule has 1 amide bonds. The Labute approximate surface area is 137 Å². The maximum atomic E-state index is 12.3. The van der Waals surface area contributed by atoms with Crippen molar-refractivity contribution in [3.63, 3.8) is 0 Å². The second-order valence-electron chi connectivity index (χ2n) is 5.62. The summed E-state index contributed by atoms with van der Waals surface area (Å²) in [6, 6.07) is 1.60. The zero-order valence-electron chi connectivity index (χ0n) is 13.0. The summed E-state index contributed by atoms with van der Waals surface area (Å²) in [6.07, 6.45) is 3.28. The Bertz CT molecular complexity index is 734. The zero-order chi connectivity index (χ0) is 16.4. The molecule has 122 valence electrons. The van der Waals surface area contributed by atoms with Gasteiger partial charge in [0.2, 0.25) is 0 Å². The molecule has 0 spiro atoms. The highest BCUT2D eigenvalue weighted by Gasteiger charge is 2.25. The van der Waals surface area contributed by atoms with Crippen molar-refractivity contribution in [2.24, 2.45) is 0 Å². The van der Waals surface area contributed by atoms with Crippen molar-refractivity contribution in [1.29, 1.82) is 0 Å². The average molecular weight is 334 g/mol. The minimum atomic E-state index is -0.904. The lowest BCUT2D eigenvalue weighted by Gasteiger charge is -2.15. The third-order valence-electron chi connectivity index (χ3n) is 3.81. The number of esters is 1. The predicted molar refractivity (Wildman–Crippen MR) is 85.7 cm³/mol. The van der Waals surface area contributed by atoms with E-state index in [1.165, 1.54) is 4.88 Å². The Morgan fingerprint density at radius 2 is 2.17 bits per heavy atom. The van der Waals surface area contributed by atoms with Gasteiger partial charge in [-0.25, -0.2) is 4.79 Å². The van der Waals surface area contributed by atoms with Crippen LogP contribution < -0.4 is 5.32 Å². The molecule has 0 saturated heterocycles. The summed E-state index contributed by atoms with van der Waals surface area (Å²) in [5.41, 5.74) is 1.69. The van der Waals surface area contributed by atoms with Gasteiger partial charge in [-0.3, -0.25) is 4.79 Å². The first kappa shape index (κ1) is 15.7. The van der Waals surface area contributed by atoms with Crippen LogP contribution in [-0.2, 0) is 22.4 Å². The summed E-state index contributed by atoms with van der Waals surface area (Å²) in [4.78, 5) is 25.6. The molecule has 2 aromatic rings. The van der Waals surface area contributed by atoms with Gasteiger partial charge in [0.15, 0.2) is 11.9 Å². The lowest BCUT2D eigenvalue weighted by molar-refractivity contribution is -0.123. The molecule has 0 unspecified atom stereocenters. The van der Waals surface area contributed by atoms with Gasteiger partial charge in [0, 0.05) is 16.3 Å². The monoisotopic (exact) mass is 334 g/mol. The first-order chi connectivity index (χ1) is 11.0. The Hall–Kier alpha value is -2.15. The van der Waals surface area contributed by atoms with Crippen LogP contribution in [0.5, 0.6) is 0 Å². The molecule has 0 bridgehead atoms. The summed E-state index contributed by atoms with van der Waals surface area (Å²) in [5, 5.41) is 8.07. The molecule has 1 N–H and O–H groups in total. The number of fused-ring (bicyclic) bond motifs is 1. The van der Waals surface area contributed by atoms with Gasteiger partial charge in [-0.05, 0) is 45.1 Å². The van der Waals surface area contributed by atoms with E-state index in [4.69, 9.17) is 9.26 Å². The SMILES string of the molecule is Cc1cc(NC(=O)[C@H](C)OC(=O)c2csc3c2CCCC3)no1. The summed E-state index contributed by atoms with van der Waals surface area (Å²) < 4.78 is 10.2. The van der Waals surface area contributed by atoms with E-state index in [0.717, 1.165) is 31.2 Å². The molecule has 2 heterocycles. The van der Waals surface area contributed by atoms with Gasteiger partial charge in [-0.1, -0.05) is 5.16 Å². The smallest absolute Gasteiger partial charge is 0.340 e. The lowest BCUT2D eigenvalue weighted by Crippen LogP contribution is -2.30. The quantitative estimate of drug-likeness (QED) is 0.869. The van der Waals surface area contributed by atoms with Gasteiger partial charge < -0.3 is 14.6 Å². The predicted octanol–water partition coefficient (Wildman–Crippen LogP) is 3.11. The molecule has 3 rings (SSSR count). The number of nitrogens with one attached hydrogen (secondary N) is 1. The van der Waals surface area contributed by atoms with E-state index in [2.05, 4.69) is 10.5 Å². The number of hydrogen-bond donors (Lipinski definition) is 1. The van der Waals surface area contributed by atoms with Gasteiger partial charge in [0.1, 0.15) is 5.76 Å². The van der Waals surface area contributed by atoms with Crippen LogP contribution >= 0.6 is 11.3 Å². The Morgan fingerprint density at radius 3 is 2.91 bits per heavy atom. The van der Waals surface area contributed by atoms with Crippen molar-refractivity contribution in [2.75, 3.05) is 5.32 Å². The Morgan fingerprint density at radius 1 is 1.39 bits per heavy atom. The molecule has 0 aromatic carbocycles. The molecule has 7 heteroatoms. The second-order valence-corrected chi connectivity index (χ2v) is 6.58. The standard InChI is InChI=1S/C16H18N2O4S/c1-9-7-14(18-22-9)17-15(19)10(2)21-16(20)12-8-23-13-6-4-3-5-11(12)13/h7-8,10H,3-6H2,1-2H3,(H,17,18,19)/t10-/m0/s1. The fourth-order valence-electron chi connectivity index (χ4n) is 2.60. The Balaban J connectivity index is 1.63. The summed E-state index contributed by atoms with van der Waals surface area (Å²) in [5.74, 6) is 0.0253. The van der Waals surface area contributed by atoms with Crippen LogP contribution in [0.1, 0.15) is 46.3 Å². The lowest BCUT2D eigenvalue weighted by atomic mass is 9.96. The number of hydrogen-bond acceptors (Lipinski definition) is 6. The van der Waals surface area contributed by atoms with Gasteiger partial charge in [-0.2, -0.15) is 0 Å². The van der Waals surface area contributed by atoms with Crippen LogP contribution in [-0.4, -0.2) is 23.1 Å². The molecule has 1 atom stereocenters. The number of aromatic nitrogens is 1. The number of thiophene rings is 1. The molecule has 1 aliphatic rings. The summed E-state index contributed by atoms with van der Waals surface area (Å²) in [6.45, 7) is 3.27. The molecule has 6 nitrogen and oxygen atoms in total. The number of anilines is 1. The fraction of sp³-hybridized carbons (Fsp3) is 0.438. The minimum Gasteiger partial charge on any atom is -0.449 e. The van der Waals surface area contributed by atoms with E-state index in [1.807, 2.05) is 5.38 Å². The van der Waals surface area contributed by atoms with Crippen LogP contribution in [0.3, 0.4) is 0 Å². The highest BCUT2D eigenvalue weighted by atomic mass is 32.1. The number of rotatable bonds is 4. The van der Waals surface area contributed by atoms with Gasteiger partial charge in [0.05, 0.1) is 5.56 Å². The normalized spacial score (nSPS) is 14.9. The maximum absolute atomic E-state index is 12.3. The summed E-state index contributed by atoms with van der Waals surface area (Å²) >= 11 is 1.60. The van der Waals surface area contributed by atoms with Crippen molar-refractivity contribution in [1.82, 2.24) is 5.16 Å². The van der Waals surface area contributed by atoms with Crippen LogP contribution in [0.4, 0.5) is 5.82 Å². The highest BCUT2D eigenvalue weighted by Crippen LogP contribution is 2.30. The fourth-order valence-corrected chi connectivity index (χ4v) is 3.71. The number of aryl methyl sites for hydroxylation is 2. The molecule has 0 radical (unpaired) electrons. The molecular formula is C16H18N2O4S. The van der Waals surface area contributed by atoms with Crippen molar-refractivity contribution >= 4 is 29.0 Å². The van der Waals surface area contributed by atoms with Crippen LogP contribution in [0, 0.1) is 6.92 Å². The third kappa shape index (κ3) is 3.44. The molecule has 1 aliphatic carbocycles. The molecule has 0 saturated carbocycles. The van der Waals surface area contributed by atoms with Gasteiger partial charge >= 0.3 is 5.97 Å². The van der Waals surface area contributed by atoms with Crippen molar-refractivity contribution in [2.45, 2.75) is 45.6 Å².